The molecular formula is C20H31NO. The van der Waals surface area contributed by atoms with Crippen molar-refractivity contribution in [2.45, 2.75) is 64.0 Å². The van der Waals surface area contributed by atoms with Gasteiger partial charge >= 0.3 is 0 Å². The minimum Gasteiger partial charge on any atom is -0.384 e. The first-order valence-electron chi connectivity index (χ1n) is 9.07. The lowest BCUT2D eigenvalue weighted by Crippen LogP contribution is -2.45. The molecule has 2 heteroatoms. The van der Waals surface area contributed by atoms with E-state index in [4.69, 9.17) is 4.74 Å². The highest BCUT2D eigenvalue weighted by Gasteiger charge is 2.32. The number of hydrogen-bond donors (Lipinski definition) is 0. The molecule has 0 spiro atoms. The molecule has 2 nitrogen and oxygen atoms in total. The third kappa shape index (κ3) is 3.65. The number of allylic oxidation sites excluding steroid dienone is 3. The molecule has 0 bridgehead atoms. The standard InChI is InChI=1S/C20H31NO/c1-16-8-13-20(18-6-4-3-5-7-18)21(14-16)19-11-9-17(10-12-19)15-22-2/h4,6,8,13-14,17-20H,3,5,7,9-12,15H2,1-2H3. The summed E-state index contributed by atoms with van der Waals surface area (Å²) >= 11 is 0. The fourth-order valence-electron chi connectivity index (χ4n) is 4.40. The van der Waals surface area contributed by atoms with Crippen LogP contribution in [0.2, 0.25) is 0 Å². The van der Waals surface area contributed by atoms with Crippen LogP contribution in [0.5, 0.6) is 0 Å². The molecule has 0 amide bonds. The summed E-state index contributed by atoms with van der Waals surface area (Å²) in [5.41, 5.74) is 1.40. The molecule has 1 aliphatic heterocycles. The highest BCUT2D eigenvalue weighted by molar-refractivity contribution is 5.25. The van der Waals surface area contributed by atoms with Gasteiger partial charge in [-0.3, -0.25) is 0 Å². The molecule has 0 aromatic carbocycles. The Morgan fingerprint density at radius 2 is 1.95 bits per heavy atom. The number of ether oxygens (including phenoxy) is 1. The van der Waals surface area contributed by atoms with Gasteiger partial charge in [-0.1, -0.05) is 24.3 Å². The van der Waals surface area contributed by atoms with Crippen LogP contribution in [0.1, 0.15) is 51.9 Å². The third-order valence-electron chi connectivity index (χ3n) is 5.62. The van der Waals surface area contributed by atoms with Gasteiger partial charge in [0.1, 0.15) is 0 Å². The lowest BCUT2D eigenvalue weighted by molar-refractivity contribution is 0.0909. The fraction of sp³-hybridized carbons (Fsp3) is 0.700. The second kappa shape index (κ2) is 7.50. The number of rotatable bonds is 4. The first kappa shape index (κ1) is 15.9. The maximum atomic E-state index is 5.35. The second-order valence-electron chi connectivity index (χ2n) is 7.32. The Hall–Kier alpha value is -1.02. The van der Waals surface area contributed by atoms with Crippen molar-refractivity contribution in [3.8, 4) is 0 Å². The lowest BCUT2D eigenvalue weighted by Gasteiger charge is -2.44. The van der Waals surface area contributed by atoms with Gasteiger partial charge < -0.3 is 9.64 Å². The van der Waals surface area contributed by atoms with Crippen molar-refractivity contribution in [3.05, 3.63) is 36.1 Å². The van der Waals surface area contributed by atoms with Gasteiger partial charge in [-0.15, -0.1) is 0 Å². The molecule has 1 saturated carbocycles. The van der Waals surface area contributed by atoms with E-state index >= 15 is 0 Å². The van der Waals surface area contributed by atoms with Gasteiger partial charge in [-0.05, 0) is 63.4 Å². The van der Waals surface area contributed by atoms with Crippen LogP contribution in [0.4, 0.5) is 0 Å². The van der Waals surface area contributed by atoms with E-state index in [1.165, 1.54) is 50.5 Å². The van der Waals surface area contributed by atoms with Crippen molar-refractivity contribution < 1.29 is 4.74 Å². The van der Waals surface area contributed by atoms with Crippen LogP contribution in [0.3, 0.4) is 0 Å². The smallest absolute Gasteiger partial charge is 0.0536 e. The summed E-state index contributed by atoms with van der Waals surface area (Å²) in [6.45, 7) is 3.17. The molecule has 0 N–H and O–H groups in total. The van der Waals surface area contributed by atoms with Crippen molar-refractivity contribution >= 4 is 0 Å². The van der Waals surface area contributed by atoms with Crippen LogP contribution in [0.15, 0.2) is 36.1 Å². The van der Waals surface area contributed by atoms with E-state index in [1.807, 2.05) is 7.11 Å². The zero-order valence-corrected chi connectivity index (χ0v) is 14.2. The molecule has 2 atom stereocenters. The second-order valence-corrected chi connectivity index (χ2v) is 7.32. The van der Waals surface area contributed by atoms with Gasteiger partial charge in [0.25, 0.3) is 0 Å². The first-order chi connectivity index (χ1) is 10.8. The highest BCUT2D eigenvalue weighted by atomic mass is 16.5. The zero-order chi connectivity index (χ0) is 15.4. The molecule has 3 aliphatic rings. The molecule has 22 heavy (non-hydrogen) atoms. The summed E-state index contributed by atoms with van der Waals surface area (Å²) in [6.07, 6.45) is 21.3. The predicted molar refractivity (Wildman–Crippen MR) is 92.6 cm³/mol. The minimum absolute atomic E-state index is 0.573. The van der Waals surface area contributed by atoms with Crippen LogP contribution in [0, 0.1) is 11.8 Å². The average Bonchev–Trinajstić information content (AvgIpc) is 2.57. The maximum absolute atomic E-state index is 5.35. The van der Waals surface area contributed by atoms with Gasteiger partial charge in [0.05, 0.1) is 6.04 Å². The van der Waals surface area contributed by atoms with Crippen molar-refractivity contribution in [2.24, 2.45) is 11.8 Å². The van der Waals surface area contributed by atoms with Crippen LogP contribution in [0.25, 0.3) is 0 Å². The van der Waals surface area contributed by atoms with E-state index in [9.17, 15) is 0 Å². The van der Waals surface area contributed by atoms with E-state index in [-0.39, 0.29) is 0 Å². The van der Waals surface area contributed by atoms with Crippen LogP contribution in [-0.2, 0) is 4.74 Å². The summed E-state index contributed by atoms with van der Waals surface area (Å²) in [7, 11) is 1.83. The number of hydrogen-bond acceptors (Lipinski definition) is 2. The SMILES string of the molecule is COCC1CCC(N2C=C(C)C=CC2C2C=CCCC2)CC1. The molecular weight excluding hydrogens is 270 g/mol. The van der Waals surface area contributed by atoms with E-state index in [1.54, 1.807) is 0 Å². The molecule has 0 radical (unpaired) electrons. The Morgan fingerprint density at radius 1 is 1.14 bits per heavy atom. The third-order valence-corrected chi connectivity index (χ3v) is 5.62. The predicted octanol–water partition coefficient (Wildman–Crippen LogP) is 4.69. The molecule has 2 unspecified atom stereocenters. The van der Waals surface area contributed by atoms with Crippen LogP contribution >= 0.6 is 0 Å². The molecule has 3 rings (SSSR count). The Balaban J connectivity index is 1.67. The lowest BCUT2D eigenvalue weighted by atomic mass is 9.82. The zero-order valence-electron chi connectivity index (χ0n) is 14.2. The van der Waals surface area contributed by atoms with Gasteiger partial charge in [0, 0.05) is 31.9 Å². The molecule has 0 saturated heterocycles. The number of nitrogens with zero attached hydrogens (tertiary/aromatic N) is 1. The van der Waals surface area contributed by atoms with Gasteiger partial charge in [-0.2, -0.15) is 0 Å². The Labute approximate surface area is 135 Å². The summed E-state index contributed by atoms with van der Waals surface area (Å²) < 4.78 is 5.35. The fourth-order valence-corrected chi connectivity index (χ4v) is 4.40. The van der Waals surface area contributed by atoms with Crippen LogP contribution in [-0.4, -0.2) is 30.7 Å². The normalized spacial score (nSPS) is 35.5. The summed E-state index contributed by atoms with van der Waals surface area (Å²) in [6, 6.07) is 1.29. The van der Waals surface area contributed by atoms with Crippen molar-refractivity contribution in [1.29, 1.82) is 0 Å². The van der Waals surface area contributed by atoms with Crippen molar-refractivity contribution in [1.82, 2.24) is 4.90 Å². The average molecular weight is 301 g/mol. The van der Waals surface area contributed by atoms with Crippen molar-refractivity contribution in [3.63, 3.8) is 0 Å². The first-order valence-corrected chi connectivity index (χ1v) is 9.07. The summed E-state index contributed by atoms with van der Waals surface area (Å²) in [5.74, 6) is 1.48. The Morgan fingerprint density at radius 3 is 2.64 bits per heavy atom. The van der Waals surface area contributed by atoms with E-state index in [0.717, 1.165) is 12.5 Å². The van der Waals surface area contributed by atoms with E-state index < -0.39 is 0 Å². The topological polar surface area (TPSA) is 12.5 Å². The van der Waals surface area contributed by atoms with Gasteiger partial charge in [-0.25, -0.2) is 0 Å². The Kier molecular flexibility index (Phi) is 5.41. The minimum atomic E-state index is 0.573. The molecule has 1 heterocycles. The number of methoxy groups -OCH3 is 1. The summed E-state index contributed by atoms with van der Waals surface area (Å²) in [4.78, 5) is 2.69. The molecule has 2 aliphatic carbocycles. The quantitative estimate of drug-likeness (QED) is 0.698. The highest BCUT2D eigenvalue weighted by Crippen LogP contribution is 2.35. The largest absolute Gasteiger partial charge is 0.384 e. The maximum Gasteiger partial charge on any atom is 0.0536 e. The molecule has 1 fully saturated rings. The molecule has 0 aromatic heterocycles. The van der Waals surface area contributed by atoms with Crippen LogP contribution < -0.4 is 0 Å². The van der Waals surface area contributed by atoms with Gasteiger partial charge in [0.15, 0.2) is 0 Å². The van der Waals surface area contributed by atoms with Crippen molar-refractivity contribution in [2.75, 3.05) is 13.7 Å². The molecule has 0 aromatic rings. The van der Waals surface area contributed by atoms with E-state index in [0.29, 0.717) is 18.0 Å². The van der Waals surface area contributed by atoms with E-state index in [2.05, 4.69) is 42.3 Å². The monoisotopic (exact) mass is 301 g/mol. The summed E-state index contributed by atoms with van der Waals surface area (Å²) in [5, 5.41) is 0. The Bertz CT molecular complexity index is 443. The molecule has 122 valence electrons. The van der Waals surface area contributed by atoms with Gasteiger partial charge in [0.2, 0.25) is 0 Å².